The molecule has 1 heterocycles. The van der Waals surface area contributed by atoms with Gasteiger partial charge in [0.25, 0.3) is 0 Å². The average molecular weight is 141 g/mol. The van der Waals surface area contributed by atoms with Crippen LogP contribution >= 0.6 is 11.6 Å². The Labute approximate surface area is 57.9 Å². The number of hydrogen-bond acceptors (Lipinski definition) is 2. The van der Waals surface area contributed by atoms with E-state index in [4.69, 9.17) is 11.6 Å². The van der Waals surface area contributed by atoms with Crippen molar-refractivity contribution in [3.8, 4) is 0 Å². The number of nitrogens with zero attached hydrogens (tertiary/aromatic N) is 2. The Morgan fingerprint density at radius 2 is 2.22 bits per heavy atom. The second-order valence-electron chi connectivity index (χ2n) is 2.14. The third-order valence-corrected chi connectivity index (χ3v) is 1.75. The highest BCUT2D eigenvalue weighted by Gasteiger charge is 2.14. The molecule has 0 saturated heterocycles. The van der Waals surface area contributed by atoms with Gasteiger partial charge in [0, 0.05) is 0 Å². The molecule has 0 unspecified atom stereocenters. The number of halogens is 1. The van der Waals surface area contributed by atoms with Gasteiger partial charge in [0.2, 0.25) is 0 Å². The van der Waals surface area contributed by atoms with Crippen LogP contribution in [0, 0.1) is 0 Å². The third-order valence-electron chi connectivity index (χ3n) is 1.56. The molecule has 0 amide bonds. The van der Waals surface area contributed by atoms with Gasteiger partial charge < -0.3 is 0 Å². The molecule has 0 fully saturated rings. The molecule has 1 aromatic heterocycles. The van der Waals surface area contributed by atoms with Gasteiger partial charge in [-0.1, -0.05) is 11.6 Å². The molecule has 1 aliphatic carbocycles. The highest BCUT2D eigenvalue weighted by Crippen LogP contribution is 2.20. The lowest BCUT2D eigenvalue weighted by molar-refractivity contribution is 0.747. The summed E-state index contributed by atoms with van der Waals surface area (Å²) in [4.78, 5) is 0. The van der Waals surface area contributed by atoms with Crippen molar-refractivity contribution in [2.45, 2.75) is 12.8 Å². The number of fused-ring (bicyclic) bond motifs is 1. The van der Waals surface area contributed by atoms with E-state index in [2.05, 4.69) is 10.2 Å². The molecule has 2 nitrogen and oxygen atoms in total. The molecule has 0 aromatic carbocycles. The molecule has 3 heteroatoms. The SMILES string of the molecule is Clc1cc2c(nn1)CC2. The van der Waals surface area contributed by atoms with Crippen LogP contribution in [0.2, 0.25) is 5.15 Å². The molecule has 0 saturated carbocycles. The molecule has 9 heavy (non-hydrogen) atoms. The molecule has 0 radical (unpaired) electrons. The second-order valence-corrected chi connectivity index (χ2v) is 2.53. The van der Waals surface area contributed by atoms with E-state index in [9.17, 15) is 0 Å². The zero-order valence-corrected chi connectivity index (χ0v) is 5.52. The van der Waals surface area contributed by atoms with Gasteiger partial charge in [-0.05, 0) is 24.5 Å². The summed E-state index contributed by atoms with van der Waals surface area (Å²) in [6, 6.07) is 1.88. The maximum absolute atomic E-state index is 5.58. The number of aryl methyl sites for hydroxylation is 2. The van der Waals surface area contributed by atoms with Gasteiger partial charge in [-0.3, -0.25) is 0 Å². The van der Waals surface area contributed by atoms with E-state index in [0.29, 0.717) is 5.15 Å². The van der Waals surface area contributed by atoms with Crippen molar-refractivity contribution >= 4 is 11.6 Å². The van der Waals surface area contributed by atoms with Crippen LogP contribution in [0.15, 0.2) is 6.07 Å². The zero-order chi connectivity index (χ0) is 6.27. The first-order valence-electron chi connectivity index (χ1n) is 2.87. The normalized spacial score (nSPS) is 14.3. The minimum Gasteiger partial charge on any atom is -0.154 e. The molecule has 0 atom stereocenters. The summed E-state index contributed by atoms with van der Waals surface area (Å²) in [5, 5.41) is 8.10. The largest absolute Gasteiger partial charge is 0.154 e. The van der Waals surface area contributed by atoms with Crippen LogP contribution in [0.5, 0.6) is 0 Å². The fourth-order valence-corrected chi connectivity index (χ4v) is 1.10. The van der Waals surface area contributed by atoms with E-state index in [1.165, 1.54) is 5.56 Å². The minimum absolute atomic E-state index is 0.508. The second kappa shape index (κ2) is 1.67. The third kappa shape index (κ3) is 0.704. The van der Waals surface area contributed by atoms with Gasteiger partial charge in [0.1, 0.15) is 0 Å². The maximum Gasteiger partial charge on any atom is 0.152 e. The number of hydrogen-bond donors (Lipinski definition) is 0. The summed E-state index contributed by atoms with van der Waals surface area (Å²) in [6.45, 7) is 0. The van der Waals surface area contributed by atoms with Crippen LogP contribution < -0.4 is 0 Å². The lowest BCUT2D eigenvalue weighted by Crippen LogP contribution is -2.11. The Hall–Kier alpha value is -0.630. The highest BCUT2D eigenvalue weighted by molar-refractivity contribution is 6.29. The molecular formula is C6H5ClN2. The number of rotatable bonds is 0. The fourth-order valence-electron chi connectivity index (χ4n) is 0.932. The van der Waals surface area contributed by atoms with Crippen molar-refractivity contribution in [2.75, 3.05) is 0 Å². The predicted molar refractivity (Wildman–Crippen MR) is 34.5 cm³/mol. The Kier molecular flexibility index (Phi) is 0.963. The summed E-state index contributed by atoms with van der Waals surface area (Å²) in [5.74, 6) is 0. The molecular weight excluding hydrogens is 136 g/mol. The quantitative estimate of drug-likeness (QED) is 0.542. The molecule has 0 spiro atoms. The van der Waals surface area contributed by atoms with Gasteiger partial charge in [0.05, 0.1) is 5.69 Å². The summed E-state index contributed by atoms with van der Waals surface area (Å²) >= 11 is 5.58. The van der Waals surface area contributed by atoms with Crippen molar-refractivity contribution in [3.05, 3.63) is 22.5 Å². The van der Waals surface area contributed by atoms with E-state index in [1.54, 1.807) is 0 Å². The van der Waals surface area contributed by atoms with Gasteiger partial charge in [-0.15, -0.1) is 5.10 Å². The van der Waals surface area contributed by atoms with Crippen LogP contribution in [-0.2, 0) is 12.8 Å². The number of aromatic nitrogens is 2. The van der Waals surface area contributed by atoms with Crippen molar-refractivity contribution in [2.24, 2.45) is 0 Å². The highest BCUT2D eigenvalue weighted by atomic mass is 35.5. The van der Waals surface area contributed by atoms with E-state index in [-0.39, 0.29) is 0 Å². The first-order chi connectivity index (χ1) is 4.36. The van der Waals surface area contributed by atoms with Gasteiger partial charge >= 0.3 is 0 Å². The molecule has 0 bridgehead atoms. The fraction of sp³-hybridized carbons (Fsp3) is 0.333. The monoisotopic (exact) mass is 140 g/mol. The van der Waals surface area contributed by atoms with Crippen LogP contribution in [-0.4, -0.2) is 10.2 Å². The zero-order valence-electron chi connectivity index (χ0n) is 4.76. The topological polar surface area (TPSA) is 25.8 Å². The average Bonchev–Trinajstić information content (AvgIpc) is 1.78. The molecule has 1 aromatic rings. The van der Waals surface area contributed by atoms with Gasteiger partial charge in [0.15, 0.2) is 5.15 Å². The lowest BCUT2D eigenvalue weighted by atomic mass is 9.95. The van der Waals surface area contributed by atoms with Crippen LogP contribution in [0.3, 0.4) is 0 Å². The first-order valence-corrected chi connectivity index (χ1v) is 3.25. The summed E-state index contributed by atoms with van der Waals surface area (Å²) in [5.41, 5.74) is 2.37. The van der Waals surface area contributed by atoms with E-state index < -0.39 is 0 Å². The summed E-state index contributed by atoms with van der Waals surface area (Å²) < 4.78 is 0. The molecule has 2 rings (SSSR count). The Balaban J connectivity index is 2.57. The molecule has 0 N–H and O–H groups in total. The minimum atomic E-state index is 0.508. The van der Waals surface area contributed by atoms with Crippen LogP contribution in [0.25, 0.3) is 0 Å². The van der Waals surface area contributed by atoms with Crippen molar-refractivity contribution in [1.82, 2.24) is 10.2 Å². The van der Waals surface area contributed by atoms with E-state index in [1.807, 2.05) is 6.07 Å². The standard InChI is InChI=1S/C6H5ClN2/c7-6-3-4-1-2-5(4)8-9-6/h3H,1-2H2. The lowest BCUT2D eigenvalue weighted by Gasteiger charge is -2.14. The van der Waals surface area contributed by atoms with Crippen LogP contribution in [0.1, 0.15) is 11.3 Å². The first kappa shape index (κ1) is 5.18. The molecule has 46 valence electrons. The van der Waals surface area contributed by atoms with Crippen molar-refractivity contribution < 1.29 is 0 Å². The van der Waals surface area contributed by atoms with Crippen molar-refractivity contribution in [1.29, 1.82) is 0 Å². The Bertz CT molecular complexity index is 247. The summed E-state index contributed by atoms with van der Waals surface area (Å²) in [7, 11) is 0. The summed E-state index contributed by atoms with van der Waals surface area (Å²) in [6.07, 6.45) is 2.18. The Morgan fingerprint density at radius 1 is 1.33 bits per heavy atom. The molecule has 1 aliphatic rings. The van der Waals surface area contributed by atoms with Crippen LogP contribution in [0.4, 0.5) is 0 Å². The van der Waals surface area contributed by atoms with Gasteiger partial charge in [-0.25, -0.2) is 0 Å². The predicted octanol–water partition coefficient (Wildman–Crippen LogP) is 1.23. The van der Waals surface area contributed by atoms with E-state index in [0.717, 1.165) is 18.5 Å². The molecule has 0 aliphatic heterocycles. The Morgan fingerprint density at radius 3 is 2.67 bits per heavy atom. The van der Waals surface area contributed by atoms with Crippen molar-refractivity contribution in [3.63, 3.8) is 0 Å². The van der Waals surface area contributed by atoms with E-state index >= 15 is 0 Å². The smallest absolute Gasteiger partial charge is 0.152 e. The maximum atomic E-state index is 5.58. The van der Waals surface area contributed by atoms with Gasteiger partial charge in [-0.2, -0.15) is 5.10 Å².